The van der Waals surface area contributed by atoms with Crippen LogP contribution in [0.5, 0.6) is 0 Å². The molecule has 0 aliphatic rings. The minimum Gasteiger partial charge on any atom is -0.273 e. The van der Waals surface area contributed by atoms with Crippen molar-refractivity contribution >= 4 is 23.5 Å². The zero-order valence-electron chi connectivity index (χ0n) is 13.3. The fourth-order valence-electron chi connectivity index (χ4n) is 2.26. The van der Waals surface area contributed by atoms with Gasteiger partial charge >= 0.3 is 0 Å². The molecule has 0 fully saturated rings. The van der Waals surface area contributed by atoms with Gasteiger partial charge in [-0.25, -0.2) is 10.4 Å². The van der Waals surface area contributed by atoms with Crippen molar-refractivity contribution in [2.24, 2.45) is 5.10 Å². The first-order chi connectivity index (χ1) is 11.7. The highest BCUT2D eigenvalue weighted by Gasteiger charge is 2.05. The van der Waals surface area contributed by atoms with Crippen LogP contribution in [0.3, 0.4) is 0 Å². The van der Waals surface area contributed by atoms with Gasteiger partial charge < -0.3 is 0 Å². The molecule has 24 heavy (non-hydrogen) atoms. The maximum atomic E-state index is 11.8. The number of aryl methyl sites for hydroxylation is 1. The summed E-state index contributed by atoms with van der Waals surface area (Å²) in [7, 11) is 0. The van der Waals surface area contributed by atoms with Crippen LogP contribution in [0, 0.1) is 6.92 Å². The molecule has 1 N–H and O–H groups in total. The molecule has 0 radical (unpaired) electrons. The Morgan fingerprint density at radius 2 is 1.83 bits per heavy atom. The van der Waals surface area contributed by atoms with E-state index in [1.54, 1.807) is 6.21 Å². The van der Waals surface area contributed by atoms with Crippen molar-refractivity contribution in [3.05, 3.63) is 76.2 Å². The number of thiazole rings is 1. The molecule has 4 nitrogen and oxygen atoms in total. The van der Waals surface area contributed by atoms with Gasteiger partial charge in [-0.15, -0.1) is 11.3 Å². The molecule has 0 bridgehead atoms. The lowest BCUT2D eigenvalue weighted by atomic mass is 10.0. The van der Waals surface area contributed by atoms with E-state index in [1.807, 2.05) is 54.8 Å². The van der Waals surface area contributed by atoms with E-state index in [-0.39, 0.29) is 12.3 Å². The number of nitrogens with zero attached hydrogens (tertiary/aromatic N) is 2. The zero-order chi connectivity index (χ0) is 16.8. The molecule has 0 aliphatic carbocycles. The van der Waals surface area contributed by atoms with Crippen molar-refractivity contribution in [3.8, 4) is 11.1 Å². The number of aromatic nitrogens is 1. The third-order valence-corrected chi connectivity index (χ3v) is 4.25. The van der Waals surface area contributed by atoms with E-state index in [1.165, 1.54) is 16.9 Å². The number of amides is 1. The number of carbonyl (C=O) groups is 1. The number of nitrogens with one attached hydrogen (secondary N) is 1. The Kier molecular flexibility index (Phi) is 5.13. The Balaban J connectivity index is 1.56. The van der Waals surface area contributed by atoms with Crippen LogP contribution in [0.15, 0.2) is 65.1 Å². The molecule has 0 atom stereocenters. The van der Waals surface area contributed by atoms with Crippen molar-refractivity contribution in [2.45, 2.75) is 13.3 Å². The molecule has 1 aromatic heterocycles. The molecule has 5 heteroatoms. The standard InChI is InChI=1S/C19H17N3OS/c1-14-21-18(13-24-14)11-19(23)22-20-12-15-7-9-17(10-8-15)16-5-3-2-4-6-16/h2-10,12-13H,11H2,1H3,(H,22,23)/b20-12-. The molecule has 1 amide bonds. The number of hydrazone groups is 1. The lowest BCUT2D eigenvalue weighted by Crippen LogP contribution is -2.19. The molecule has 0 saturated heterocycles. The van der Waals surface area contributed by atoms with Gasteiger partial charge in [0.1, 0.15) is 0 Å². The predicted octanol–water partition coefficient (Wildman–Crippen LogP) is 3.81. The minimum absolute atomic E-state index is 0.169. The summed E-state index contributed by atoms with van der Waals surface area (Å²) >= 11 is 1.54. The molecule has 0 aliphatic heterocycles. The Hall–Kier alpha value is -2.79. The number of rotatable bonds is 5. The number of benzene rings is 2. The first kappa shape index (κ1) is 16.1. The summed E-state index contributed by atoms with van der Waals surface area (Å²) in [4.78, 5) is 16.1. The highest BCUT2D eigenvalue weighted by atomic mass is 32.1. The van der Waals surface area contributed by atoms with E-state index in [0.717, 1.165) is 21.8 Å². The van der Waals surface area contributed by atoms with Crippen molar-refractivity contribution in [2.75, 3.05) is 0 Å². The van der Waals surface area contributed by atoms with Gasteiger partial charge in [0.25, 0.3) is 0 Å². The fraction of sp³-hybridized carbons (Fsp3) is 0.105. The molecule has 3 aromatic rings. The van der Waals surface area contributed by atoms with Gasteiger partial charge in [-0.2, -0.15) is 5.10 Å². The summed E-state index contributed by atoms with van der Waals surface area (Å²) in [5, 5.41) is 6.85. The van der Waals surface area contributed by atoms with E-state index in [2.05, 4.69) is 27.6 Å². The van der Waals surface area contributed by atoms with Gasteiger partial charge in [0.2, 0.25) is 5.91 Å². The fourth-order valence-corrected chi connectivity index (χ4v) is 2.88. The summed E-state index contributed by atoms with van der Waals surface area (Å²) in [5.41, 5.74) is 6.56. The van der Waals surface area contributed by atoms with Crippen molar-refractivity contribution in [1.82, 2.24) is 10.4 Å². The molecule has 1 heterocycles. The lowest BCUT2D eigenvalue weighted by Gasteiger charge is -2.01. The average Bonchev–Trinajstić information content (AvgIpc) is 3.01. The van der Waals surface area contributed by atoms with Crippen LogP contribution in [-0.2, 0) is 11.2 Å². The highest BCUT2D eigenvalue weighted by molar-refractivity contribution is 7.09. The van der Waals surface area contributed by atoms with Crippen LogP contribution in [-0.4, -0.2) is 17.1 Å². The third kappa shape index (κ3) is 4.36. The summed E-state index contributed by atoms with van der Waals surface area (Å²) < 4.78 is 0. The van der Waals surface area contributed by atoms with Crippen LogP contribution in [0.25, 0.3) is 11.1 Å². The minimum atomic E-state index is -0.169. The molecule has 120 valence electrons. The number of hydrogen-bond acceptors (Lipinski definition) is 4. The second-order valence-electron chi connectivity index (χ2n) is 5.32. The summed E-state index contributed by atoms with van der Waals surface area (Å²) in [6, 6.07) is 18.2. The van der Waals surface area contributed by atoms with Gasteiger partial charge in [0, 0.05) is 5.38 Å². The van der Waals surface area contributed by atoms with Gasteiger partial charge in [0.15, 0.2) is 0 Å². The summed E-state index contributed by atoms with van der Waals surface area (Å²) in [5.74, 6) is -0.169. The van der Waals surface area contributed by atoms with Crippen molar-refractivity contribution in [1.29, 1.82) is 0 Å². The van der Waals surface area contributed by atoms with Gasteiger partial charge in [-0.05, 0) is 23.6 Å². The normalized spacial score (nSPS) is 10.9. The number of hydrogen-bond donors (Lipinski definition) is 1. The molecular formula is C19H17N3OS. The maximum absolute atomic E-state index is 11.8. The zero-order valence-corrected chi connectivity index (χ0v) is 14.1. The molecule has 0 spiro atoms. The van der Waals surface area contributed by atoms with Crippen molar-refractivity contribution in [3.63, 3.8) is 0 Å². The molecule has 0 unspecified atom stereocenters. The van der Waals surface area contributed by atoms with Crippen LogP contribution in [0.2, 0.25) is 0 Å². The third-order valence-electron chi connectivity index (χ3n) is 3.43. The molecule has 3 rings (SSSR count). The van der Waals surface area contributed by atoms with Crippen LogP contribution < -0.4 is 5.43 Å². The van der Waals surface area contributed by atoms with Crippen LogP contribution >= 0.6 is 11.3 Å². The van der Waals surface area contributed by atoms with Crippen LogP contribution in [0.1, 0.15) is 16.3 Å². The number of carbonyl (C=O) groups excluding carboxylic acids is 1. The average molecular weight is 335 g/mol. The molecule has 0 saturated carbocycles. The highest BCUT2D eigenvalue weighted by Crippen LogP contribution is 2.18. The maximum Gasteiger partial charge on any atom is 0.246 e. The first-order valence-electron chi connectivity index (χ1n) is 7.59. The second kappa shape index (κ2) is 7.66. The molecule has 2 aromatic carbocycles. The Bertz CT molecular complexity index is 839. The summed E-state index contributed by atoms with van der Waals surface area (Å²) in [6.45, 7) is 1.92. The molecular weight excluding hydrogens is 318 g/mol. The van der Waals surface area contributed by atoms with Gasteiger partial charge in [-0.1, -0.05) is 54.6 Å². The van der Waals surface area contributed by atoms with E-state index in [0.29, 0.717) is 0 Å². The Labute approximate surface area is 144 Å². The Morgan fingerprint density at radius 1 is 1.12 bits per heavy atom. The largest absolute Gasteiger partial charge is 0.273 e. The monoisotopic (exact) mass is 335 g/mol. The predicted molar refractivity (Wildman–Crippen MR) is 98.2 cm³/mol. The van der Waals surface area contributed by atoms with Gasteiger partial charge in [0.05, 0.1) is 23.3 Å². The SMILES string of the molecule is Cc1nc(CC(=O)N/N=C\c2ccc(-c3ccccc3)cc2)cs1. The van der Waals surface area contributed by atoms with E-state index < -0.39 is 0 Å². The van der Waals surface area contributed by atoms with Crippen molar-refractivity contribution < 1.29 is 4.79 Å². The Morgan fingerprint density at radius 3 is 2.50 bits per heavy atom. The quantitative estimate of drug-likeness (QED) is 0.569. The summed E-state index contributed by atoms with van der Waals surface area (Å²) in [6.07, 6.45) is 1.88. The van der Waals surface area contributed by atoms with E-state index in [9.17, 15) is 4.79 Å². The van der Waals surface area contributed by atoms with Gasteiger partial charge in [-0.3, -0.25) is 4.79 Å². The first-order valence-corrected chi connectivity index (χ1v) is 8.47. The topological polar surface area (TPSA) is 54.4 Å². The van der Waals surface area contributed by atoms with E-state index >= 15 is 0 Å². The lowest BCUT2D eigenvalue weighted by molar-refractivity contribution is -0.120. The van der Waals surface area contributed by atoms with E-state index in [4.69, 9.17) is 0 Å². The second-order valence-corrected chi connectivity index (χ2v) is 6.38. The smallest absolute Gasteiger partial charge is 0.246 e. The van der Waals surface area contributed by atoms with Crippen LogP contribution in [0.4, 0.5) is 0 Å².